The molecule has 1 aromatic rings. The molecular weight excluding hydrogens is 174 g/mol. The highest BCUT2D eigenvalue weighted by Crippen LogP contribution is 2.07. The van der Waals surface area contributed by atoms with E-state index in [1.54, 1.807) is 0 Å². The van der Waals surface area contributed by atoms with E-state index in [4.69, 9.17) is 5.73 Å². The predicted octanol–water partition coefficient (Wildman–Crippen LogP) is 2.13. The molecule has 0 aromatic carbocycles. The molecule has 1 rings (SSSR count). The normalized spacial score (nSPS) is 13.5. The average Bonchev–Trinajstić information content (AvgIpc) is 2.53. The Kier molecular flexibility index (Phi) is 4.14. The molecule has 3 heteroatoms. The van der Waals surface area contributed by atoms with Crippen LogP contribution in [0.3, 0.4) is 0 Å². The lowest BCUT2D eigenvalue weighted by molar-refractivity contribution is 0.517. The molecule has 1 heterocycles. The Labute approximate surface area is 86.3 Å². The van der Waals surface area contributed by atoms with Crippen molar-refractivity contribution in [1.29, 1.82) is 0 Å². The van der Waals surface area contributed by atoms with Crippen molar-refractivity contribution in [2.75, 3.05) is 0 Å². The smallest absolute Gasteiger partial charge is 0.0640 e. The van der Waals surface area contributed by atoms with Crippen LogP contribution in [0.2, 0.25) is 0 Å². The third-order valence-electron chi connectivity index (χ3n) is 2.32. The lowest BCUT2D eigenvalue weighted by Crippen LogP contribution is -2.22. The first kappa shape index (κ1) is 11.2. The van der Waals surface area contributed by atoms with Gasteiger partial charge in [0.05, 0.1) is 5.69 Å². The third kappa shape index (κ3) is 3.14. The molecular formula is C11H21N3. The summed E-state index contributed by atoms with van der Waals surface area (Å²) in [6, 6.07) is 2.76. The van der Waals surface area contributed by atoms with Gasteiger partial charge in [-0.15, -0.1) is 0 Å². The van der Waals surface area contributed by atoms with Crippen LogP contribution in [0, 0.1) is 0 Å². The predicted molar refractivity (Wildman–Crippen MR) is 59.2 cm³/mol. The zero-order chi connectivity index (χ0) is 10.6. The lowest BCUT2D eigenvalue weighted by Gasteiger charge is -2.08. The van der Waals surface area contributed by atoms with Gasteiger partial charge >= 0.3 is 0 Å². The van der Waals surface area contributed by atoms with E-state index in [-0.39, 0.29) is 6.04 Å². The highest BCUT2D eigenvalue weighted by molar-refractivity contribution is 5.01. The van der Waals surface area contributed by atoms with Crippen LogP contribution in [0.4, 0.5) is 0 Å². The Hall–Kier alpha value is -0.830. The first-order chi connectivity index (χ1) is 6.63. The molecule has 80 valence electrons. The minimum absolute atomic E-state index is 0.260. The van der Waals surface area contributed by atoms with Gasteiger partial charge in [0.2, 0.25) is 0 Å². The van der Waals surface area contributed by atoms with Crippen molar-refractivity contribution in [1.82, 2.24) is 9.78 Å². The van der Waals surface area contributed by atoms with Crippen LogP contribution in [-0.2, 0) is 6.42 Å². The Morgan fingerprint density at radius 3 is 2.71 bits per heavy atom. The molecule has 1 unspecified atom stereocenters. The largest absolute Gasteiger partial charge is 0.327 e. The van der Waals surface area contributed by atoms with E-state index in [9.17, 15) is 0 Å². The van der Waals surface area contributed by atoms with Gasteiger partial charge < -0.3 is 5.73 Å². The summed E-state index contributed by atoms with van der Waals surface area (Å²) in [6.45, 7) is 6.41. The van der Waals surface area contributed by atoms with Gasteiger partial charge in [-0.2, -0.15) is 5.10 Å². The van der Waals surface area contributed by atoms with Gasteiger partial charge in [0.1, 0.15) is 0 Å². The van der Waals surface area contributed by atoms with E-state index in [1.807, 2.05) is 10.9 Å². The summed E-state index contributed by atoms with van der Waals surface area (Å²) in [5.74, 6) is 0. The van der Waals surface area contributed by atoms with E-state index in [2.05, 4.69) is 31.9 Å². The molecule has 0 spiro atoms. The van der Waals surface area contributed by atoms with Crippen molar-refractivity contribution in [3.63, 3.8) is 0 Å². The zero-order valence-corrected chi connectivity index (χ0v) is 9.40. The van der Waals surface area contributed by atoms with E-state index < -0.39 is 0 Å². The molecule has 0 aliphatic rings. The maximum Gasteiger partial charge on any atom is 0.0640 e. The van der Waals surface area contributed by atoms with Crippen LogP contribution in [0.1, 0.15) is 45.3 Å². The van der Waals surface area contributed by atoms with Crippen LogP contribution >= 0.6 is 0 Å². The van der Waals surface area contributed by atoms with Gasteiger partial charge in [0.15, 0.2) is 0 Å². The topological polar surface area (TPSA) is 43.8 Å². The number of nitrogens with two attached hydrogens (primary N) is 1. The van der Waals surface area contributed by atoms with Crippen molar-refractivity contribution in [2.24, 2.45) is 5.73 Å². The first-order valence-corrected chi connectivity index (χ1v) is 5.43. The maximum atomic E-state index is 5.95. The van der Waals surface area contributed by atoms with Gasteiger partial charge in [-0.05, 0) is 26.3 Å². The SMILES string of the molecule is CCCC(N)Cc1ccn(C(C)C)n1. The first-order valence-electron chi connectivity index (χ1n) is 5.43. The molecule has 0 fully saturated rings. The van der Waals surface area contributed by atoms with Gasteiger partial charge in [-0.3, -0.25) is 4.68 Å². The van der Waals surface area contributed by atoms with Crippen LogP contribution in [0.5, 0.6) is 0 Å². The summed E-state index contributed by atoms with van der Waals surface area (Å²) in [4.78, 5) is 0. The molecule has 0 amide bonds. The standard InChI is InChI=1S/C11H21N3/c1-4-5-10(12)8-11-6-7-14(13-11)9(2)3/h6-7,9-10H,4-5,8,12H2,1-3H3. The fourth-order valence-electron chi connectivity index (χ4n) is 1.52. The summed E-state index contributed by atoms with van der Waals surface area (Å²) in [6.07, 6.45) is 5.15. The van der Waals surface area contributed by atoms with E-state index in [1.165, 1.54) is 0 Å². The maximum absolute atomic E-state index is 5.95. The summed E-state index contributed by atoms with van der Waals surface area (Å²) >= 11 is 0. The van der Waals surface area contributed by atoms with Crippen LogP contribution in [-0.4, -0.2) is 15.8 Å². The molecule has 0 bridgehead atoms. The second-order valence-corrected chi connectivity index (χ2v) is 4.13. The Balaban J connectivity index is 2.51. The van der Waals surface area contributed by atoms with E-state index >= 15 is 0 Å². The van der Waals surface area contributed by atoms with Crippen LogP contribution in [0.25, 0.3) is 0 Å². The number of hydrogen-bond acceptors (Lipinski definition) is 2. The fourth-order valence-corrected chi connectivity index (χ4v) is 1.52. The molecule has 14 heavy (non-hydrogen) atoms. The third-order valence-corrected chi connectivity index (χ3v) is 2.32. The molecule has 1 aromatic heterocycles. The quantitative estimate of drug-likeness (QED) is 0.782. The minimum atomic E-state index is 0.260. The molecule has 3 nitrogen and oxygen atoms in total. The molecule has 1 atom stereocenters. The Morgan fingerprint density at radius 1 is 1.50 bits per heavy atom. The van der Waals surface area contributed by atoms with Crippen molar-refractivity contribution >= 4 is 0 Å². The molecule has 0 aliphatic heterocycles. The van der Waals surface area contributed by atoms with Crippen molar-refractivity contribution < 1.29 is 0 Å². The summed E-state index contributed by atoms with van der Waals surface area (Å²) in [7, 11) is 0. The summed E-state index contributed by atoms with van der Waals surface area (Å²) in [5.41, 5.74) is 7.06. The molecule has 0 saturated heterocycles. The fraction of sp³-hybridized carbons (Fsp3) is 0.727. The van der Waals surface area contributed by atoms with Crippen molar-refractivity contribution in [3.8, 4) is 0 Å². The van der Waals surface area contributed by atoms with Crippen LogP contribution in [0.15, 0.2) is 12.3 Å². The Bertz CT molecular complexity index is 265. The Morgan fingerprint density at radius 2 is 2.21 bits per heavy atom. The minimum Gasteiger partial charge on any atom is -0.327 e. The van der Waals surface area contributed by atoms with Gasteiger partial charge in [0, 0.05) is 24.7 Å². The van der Waals surface area contributed by atoms with Gasteiger partial charge in [0.25, 0.3) is 0 Å². The molecule has 2 N–H and O–H groups in total. The average molecular weight is 195 g/mol. The number of aromatic nitrogens is 2. The van der Waals surface area contributed by atoms with Crippen molar-refractivity contribution in [2.45, 2.75) is 52.1 Å². The highest BCUT2D eigenvalue weighted by Gasteiger charge is 2.06. The summed E-state index contributed by atoms with van der Waals surface area (Å²) in [5, 5.41) is 4.47. The van der Waals surface area contributed by atoms with Gasteiger partial charge in [-0.1, -0.05) is 13.3 Å². The van der Waals surface area contributed by atoms with E-state index in [0.29, 0.717) is 6.04 Å². The molecule has 0 saturated carbocycles. The second kappa shape index (κ2) is 5.15. The van der Waals surface area contributed by atoms with E-state index in [0.717, 1.165) is 25.0 Å². The highest BCUT2D eigenvalue weighted by atomic mass is 15.3. The van der Waals surface area contributed by atoms with Gasteiger partial charge in [-0.25, -0.2) is 0 Å². The molecule has 0 radical (unpaired) electrons. The lowest BCUT2D eigenvalue weighted by atomic mass is 10.1. The number of hydrogen-bond donors (Lipinski definition) is 1. The second-order valence-electron chi connectivity index (χ2n) is 4.13. The molecule has 0 aliphatic carbocycles. The number of rotatable bonds is 5. The number of nitrogens with zero attached hydrogens (tertiary/aromatic N) is 2. The van der Waals surface area contributed by atoms with Crippen molar-refractivity contribution in [3.05, 3.63) is 18.0 Å². The van der Waals surface area contributed by atoms with Crippen LogP contribution < -0.4 is 5.73 Å². The zero-order valence-electron chi connectivity index (χ0n) is 9.40. The summed E-state index contributed by atoms with van der Waals surface area (Å²) < 4.78 is 1.98. The monoisotopic (exact) mass is 195 g/mol.